The maximum absolute atomic E-state index is 12.4. The Balaban J connectivity index is 1.77. The molecule has 2 N–H and O–H groups in total. The van der Waals surface area contributed by atoms with E-state index in [4.69, 9.17) is 11.6 Å². The van der Waals surface area contributed by atoms with Crippen molar-refractivity contribution in [1.29, 1.82) is 0 Å². The van der Waals surface area contributed by atoms with Gasteiger partial charge in [0.25, 0.3) is 5.56 Å². The summed E-state index contributed by atoms with van der Waals surface area (Å²) in [7, 11) is 0. The lowest BCUT2D eigenvalue weighted by Crippen LogP contribution is -2.09. The van der Waals surface area contributed by atoms with Gasteiger partial charge in [0.2, 0.25) is 0 Å². The molecule has 26 heavy (non-hydrogen) atoms. The molecule has 128 valence electrons. The number of phenols is 1. The Labute approximate surface area is 158 Å². The van der Waals surface area contributed by atoms with Gasteiger partial charge in [-0.3, -0.25) is 4.79 Å². The average Bonchev–Trinajstić information content (AvgIpc) is 3.09. The number of aromatic amines is 1. The number of nitrogens with one attached hydrogen (secondary N) is 1. The molecule has 2 heterocycles. The van der Waals surface area contributed by atoms with Crippen LogP contribution in [0.5, 0.6) is 5.75 Å². The van der Waals surface area contributed by atoms with Gasteiger partial charge >= 0.3 is 0 Å². The molecule has 2 aromatic heterocycles. The van der Waals surface area contributed by atoms with Crippen molar-refractivity contribution in [3.05, 3.63) is 82.4 Å². The number of nitrogens with zero attached hydrogens (tertiary/aromatic N) is 1. The summed E-state index contributed by atoms with van der Waals surface area (Å²) in [6.45, 7) is 0. The smallest absolute Gasteiger partial charge is 0.259 e. The molecule has 0 unspecified atom stereocenters. The summed E-state index contributed by atoms with van der Waals surface area (Å²) in [5, 5.41) is 10.2. The van der Waals surface area contributed by atoms with Gasteiger partial charge in [-0.05, 0) is 35.4 Å². The van der Waals surface area contributed by atoms with Gasteiger partial charge in [-0.15, -0.1) is 11.3 Å². The number of benzene rings is 2. The molecule has 2 aromatic carbocycles. The largest absolute Gasteiger partial charge is 0.508 e. The summed E-state index contributed by atoms with van der Waals surface area (Å²) in [6, 6.07) is 18.3. The van der Waals surface area contributed by atoms with Gasteiger partial charge in [0.05, 0.1) is 10.4 Å². The van der Waals surface area contributed by atoms with Gasteiger partial charge in [-0.25, -0.2) is 4.98 Å². The Morgan fingerprint density at radius 3 is 2.58 bits per heavy atom. The van der Waals surface area contributed by atoms with Crippen LogP contribution in [0.2, 0.25) is 0 Å². The van der Waals surface area contributed by atoms with Crippen molar-refractivity contribution in [3.63, 3.8) is 0 Å². The highest BCUT2D eigenvalue weighted by Gasteiger charge is 2.11. The fourth-order valence-electron chi connectivity index (χ4n) is 2.57. The van der Waals surface area contributed by atoms with Gasteiger partial charge in [-0.2, -0.15) is 0 Å². The predicted octanol–water partition coefficient (Wildman–Crippen LogP) is 5.09. The molecule has 0 fully saturated rings. The second-order valence-corrected chi connectivity index (χ2v) is 7.13. The van der Waals surface area contributed by atoms with Gasteiger partial charge in [0.15, 0.2) is 5.82 Å². The molecule has 0 bridgehead atoms. The van der Waals surface area contributed by atoms with Crippen LogP contribution in [0, 0.1) is 0 Å². The van der Waals surface area contributed by atoms with Crippen molar-refractivity contribution < 1.29 is 5.11 Å². The zero-order valence-corrected chi connectivity index (χ0v) is 15.0. The highest BCUT2D eigenvalue weighted by molar-refractivity contribution is 7.21. The molecule has 0 aliphatic heterocycles. The minimum Gasteiger partial charge on any atom is -0.508 e. The van der Waals surface area contributed by atoms with Crippen LogP contribution in [0.25, 0.3) is 31.8 Å². The fraction of sp³-hybridized carbons (Fsp3) is 0. The molecule has 4 aromatic rings. The first-order valence-electron chi connectivity index (χ1n) is 7.86. The Hall–Kier alpha value is -2.89. The standard InChI is InChI=1S/C20H13ClN2O2S/c21-16(10-12-6-8-14(24)9-7-12)18-22-19(25)15-11-17(26-20(15)23-18)13-4-2-1-3-5-13/h1-11,24H,(H,22,23,25)/b16-10-. The Morgan fingerprint density at radius 2 is 1.85 bits per heavy atom. The van der Waals surface area contributed by atoms with E-state index < -0.39 is 0 Å². The van der Waals surface area contributed by atoms with Crippen LogP contribution in [0.3, 0.4) is 0 Å². The first-order valence-corrected chi connectivity index (χ1v) is 9.05. The van der Waals surface area contributed by atoms with Crippen LogP contribution in [0.4, 0.5) is 0 Å². The van der Waals surface area contributed by atoms with E-state index in [2.05, 4.69) is 9.97 Å². The summed E-state index contributed by atoms with van der Waals surface area (Å²) in [6.07, 6.45) is 1.69. The molecule has 0 amide bonds. The van der Waals surface area contributed by atoms with Gasteiger partial charge in [0.1, 0.15) is 10.6 Å². The lowest BCUT2D eigenvalue weighted by Gasteiger charge is -2.00. The highest BCUT2D eigenvalue weighted by atomic mass is 35.5. The summed E-state index contributed by atoms with van der Waals surface area (Å²) < 4.78 is 0. The number of hydrogen-bond acceptors (Lipinski definition) is 4. The van der Waals surface area contributed by atoms with Gasteiger partial charge in [0, 0.05) is 4.88 Å². The summed E-state index contributed by atoms with van der Waals surface area (Å²) in [5.74, 6) is 0.497. The monoisotopic (exact) mass is 380 g/mol. The predicted molar refractivity (Wildman–Crippen MR) is 108 cm³/mol. The Kier molecular flexibility index (Phi) is 4.32. The SMILES string of the molecule is O=c1[nH]c(/C(Cl)=C/c2ccc(O)cc2)nc2sc(-c3ccccc3)cc12. The first-order chi connectivity index (χ1) is 12.6. The number of H-pyrrole nitrogens is 1. The molecule has 0 saturated heterocycles. The third kappa shape index (κ3) is 3.27. The minimum absolute atomic E-state index is 0.179. The van der Waals surface area contributed by atoms with Crippen molar-refractivity contribution in [2.24, 2.45) is 0 Å². The first kappa shape index (κ1) is 16.6. The van der Waals surface area contributed by atoms with Crippen molar-refractivity contribution in [1.82, 2.24) is 9.97 Å². The highest BCUT2D eigenvalue weighted by Crippen LogP contribution is 2.31. The average molecular weight is 381 g/mol. The normalized spacial score (nSPS) is 11.8. The summed E-state index contributed by atoms with van der Waals surface area (Å²) >= 11 is 7.80. The summed E-state index contributed by atoms with van der Waals surface area (Å²) in [4.78, 5) is 21.3. The third-order valence-electron chi connectivity index (χ3n) is 3.87. The van der Waals surface area contributed by atoms with Crippen molar-refractivity contribution in [3.8, 4) is 16.2 Å². The number of aromatic hydroxyl groups is 1. The number of fused-ring (bicyclic) bond motifs is 1. The van der Waals surface area contributed by atoms with E-state index in [-0.39, 0.29) is 11.3 Å². The van der Waals surface area contributed by atoms with Crippen LogP contribution in [-0.4, -0.2) is 15.1 Å². The Bertz CT molecular complexity index is 1160. The molecular formula is C20H13ClN2O2S. The van der Waals surface area contributed by atoms with E-state index >= 15 is 0 Å². The number of aromatic nitrogens is 2. The van der Waals surface area contributed by atoms with Crippen LogP contribution in [-0.2, 0) is 0 Å². The molecule has 6 heteroatoms. The minimum atomic E-state index is -0.222. The van der Waals surface area contributed by atoms with Crippen LogP contribution >= 0.6 is 22.9 Å². The van der Waals surface area contributed by atoms with E-state index in [1.807, 2.05) is 36.4 Å². The maximum Gasteiger partial charge on any atom is 0.259 e. The van der Waals surface area contributed by atoms with Crippen LogP contribution in [0.15, 0.2) is 65.5 Å². The van der Waals surface area contributed by atoms with Crippen LogP contribution < -0.4 is 5.56 Å². The molecule has 0 spiro atoms. The molecule has 0 saturated carbocycles. The van der Waals surface area contributed by atoms with E-state index in [1.165, 1.54) is 11.3 Å². The van der Waals surface area contributed by atoms with E-state index in [1.54, 1.807) is 30.3 Å². The Morgan fingerprint density at radius 1 is 1.12 bits per heavy atom. The van der Waals surface area contributed by atoms with Crippen molar-refractivity contribution in [2.75, 3.05) is 0 Å². The quantitative estimate of drug-likeness (QED) is 0.520. The summed E-state index contributed by atoms with van der Waals surface area (Å²) in [5.41, 5.74) is 1.62. The van der Waals surface area contributed by atoms with Gasteiger partial charge < -0.3 is 10.1 Å². The van der Waals surface area contributed by atoms with E-state index in [9.17, 15) is 9.90 Å². The lowest BCUT2D eigenvalue weighted by molar-refractivity contribution is 0.475. The second-order valence-electron chi connectivity index (χ2n) is 5.69. The van der Waals surface area contributed by atoms with E-state index in [0.717, 1.165) is 16.0 Å². The molecule has 0 radical (unpaired) electrons. The van der Waals surface area contributed by atoms with Crippen molar-refractivity contribution >= 4 is 44.3 Å². The van der Waals surface area contributed by atoms with Crippen LogP contribution in [0.1, 0.15) is 11.4 Å². The second kappa shape index (κ2) is 6.78. The maximum atomic E-state index is 12.4. The van der Waals surface area contributed by atoms with E-state index in [0.29, 0.717) is 21.1 Å². The topological polar surface area (TPSA) is 66.0 Å². The number of halogens is 1. The number of hydrogen-bond donors (Lipinski definition) is 2. The molecule has 0 aliphatic rings. The molecule has 4 rings (SSSR count). The molecule has 0 aliphatic carbocycles. The zero-order valence-electron chi connectivity index (χ0n) is 13.4. The number of rotatable bonds is 3. The molecule has 0 atom stereocenters. The zero-order chi connectivity index (χ0) is 18.1. The number of phenolic OH excluding ortho intramolecular Hbond substituents is 1. The third-order valence-corrected chi connectivity index (χ3v) is 5.24. The fourth-order valence-corrected chi connectivity index (χ4v) is 3.83. The molecule has 4 nitrogen and oxygen atoms in total. The van der Waals surface area contributed by atoms with Gasteiger partial charge in [-0.1, -0.05) is 54.1 Å². The lowest BCUT2D eigenvalue weighted by atomic mass is 10.2. The van der Waals surface area contributed by atoms with Crippen molar-refractivity contribution in [2.45, 2.75) is 0 Å². The number of thiophene rings is 1. The molecular weight excluding hydrogens is 368 g/mol.